The van der Waals surface area contributed by atoms with Crippen molar-refractivity contribution in [2.24, 2.45) is 64.6 Å². The number of fused-ring (bicyclic) bond motifs is 2. The first-order chi connectivity index (χ1) is 15.7. The third kappa shape index (κ3) is 2.96. The molecule has 2 heteroatoms. The second kappa shape index (κ2) is 7.97. The molecule has 2 N–H and O–H groups in total. The maximum absolute atomic E-state index is 11.1. The van der Waals surface area contributed by atoms with Crippen LogP contribution in [0.25, 0.3) is 0 Å². The van der Waals surface area contributed by atoms with Gasteiger partial charge in [0.05, 0.1) is 12.2 Å². The van der Waals surface area contributed by atoms with Gasteiger partial charge in [0, 0.05) is 0 Å². The van der Waals surface area contributed by atoms with Crippen LogP contribution in [0.2, 0.25) is 0 Å². The monoisotopic (exact) mass is 440 g/mol. The van der Waals surface area contributed by atoms with Crippen LogP contribution in [0.1, 0.15) is 109 Å². The molecule has 4 bridgehead atoms. The molecular formula is C30H48O2. The lowest BCUT2D eigenvalue weighted by Crippen LogP contribution is -2.65. The fraction of sp³-hybridized carbons (Fsp3) is 1.00. The van der Waals surface area contributed by atoms with E-state index in [1.54, 1.807) is 32.1 Å². The molecule has 0 spiro atoms. The van der Waals surface area contributed by atoms with Gasteiger partial charge >= 0.3 is 0 Å². The first-order valence-electron chi connectivity index (χ1n) is 15.0. The van der Waals surface area contributed by atoms with Gasteiger partial charge in [0.15, 0.2) is 0 Å². The Hall–Kier alpha value is -0.0800. The fourth-order valence-corrected chi connectivity index (χ4v) is 12.6. The van der Waals surface area contributed by atoms with E-state index in [1.165, 1.54) is 64.2 Å². The van der Waals surface area contributed by atoms with Crippen LogP contribution < -0.4 is 0 Å². The van der Waals surface area contributed by atoms with Gasteiger partial charge in [-0.3, -0.25) is 0 Å². The van der Waals surface area contributed by atoms with Crippen molar-refractivity contribution < 1.29 is 10.2 Å². The second-order valence-electron chi connectivity index (χ2n) is 14.0. The Bertz CT molecular complexity index is 633. The smallest absolute Gasteiger partial charge is 0.0571 e. The van der Waals surface area contributed by atoms with E-state index in [-0.39, 0.29) is 12.2 Å². The molecule has 8 atom stereocenters. The van der Waals surface area contributed by atoms with E-state index < -0.39 is 0 Å². The molecule has 8 fully saturated rings. The summed E-state index contributed by atoms with van der Waals surface area (Å²) in [5, 5.41) is 22.1. The first kappa shape index (κ1) is 21.2. The van der Waals surface area contributed by atoms with Gasteiger partial charge in [0.1, 0.15) is 0 Å². The molecule has 0 aliphatic heterocycles. The van der Waals surface area contributed by atoms with E-state index in [2.05, 4.69) is 0 Å². The molecule has 0 aromatic heterocycles. The molecule has 0 aromatic carbocycles. The Labute approximate surface area is 196 Å². The summed E-state index contributed by atoms with van der Waals surface area (Å²) in [7, 11) is 0. The van der Waals surface area contributed by atoms with Crippen molar-refractivity contribution in [3.63, 3.8) is 0 Å². The van der Waals surface area contributed by atoms with Crippen LogP contribution in [0.3, 0.4) is 0 Å². The van der Waals surface area contributed by atoms with Crippen molar-refractivity contribution >= 4 is 0 Å². The molecule has 8 unspecified atom stereocenters. The number of hydrogen-bond donors (Lipinski definition) is 2. The van der Waals surface area contributed by atoms with Crippen molar-refractivity contribution in [2.45, 2.75) is 121 Å². The lowest BCUT2D eigenvalue weighted by Gasteiger charge is -2.71. The molecule has 0 saturated heterocycles. The summed E-state index contributed by atoms with van der Waals surface area (Å²) >= 11 is 0. The average molecular weight is 441 g/mol. The Kier molecular flexibility index (Phi) is 5.29. The zero-order valence-corrected chi connectivity index (χ0v) is 20.3. The van der Waals surface area contributed by atoms with Crippen LogP contribution in [-0.2, 0) is 0 Å². The molecule has 180 valence electrons. The molecule has 0 heterocycles. The highest BCUT2D eigenvalue weighted by molar-refractivity contribution is 5.15. The van der Waals surface area contributed by atoms with Crippen LogP contribution in [-0.4, -0.2) is 22.4 Å². The summed E-state index contributed by atoms with van der Waals surface area (Å²) in [6.07, 6.45) is 23.5. The number of aliphatic hydroxyl groups excluding tert-OH is 2. The Morgan fingerprint density at radius 3 is 1.28 bits per heavy atom. The van der Waals surface area contributed by atoms with Crippen LogP contribution in [0.15, 0.2) is 0 Å². The SMILES string of the molecule is OC1CCC(C2(C3CCC(O)C4CCCCC43)C3CC4CC(C3)CC2C4)C2CCCCC12. The molecular weight excluding hydrogens is 392 g/mol. The first-order valence-corrected chi connectivity index (χ1v) is 15.0. The highest BCUT2D eigenvalue weighted by Gasteiger charge is 2.66. The van der Waals surface area contributed by atoms with Gasteiger partial charge in [0.25, 0.3) is 0 Å². The lowest BCUT2D eigenvalue weighted by molar-refractivity contribution is -0.232. The summed E-state index contributed by atoms with van der Waals surface area (Å²) in [6.45, 7) is 0. The summed E-state index contributed by atoms with van der Waals surface area (Å²) in [5.41, 5.74) is 0.564. The zero-order chi connectivity index (χ0) is 21.4. The summed E-state index contributed by atoms with van der Waals surface area (Å²) in [5.74, 6) is 8.62. The fourth-order valence-electron chi connectivity index (χ4n) is 12.6. The molecule has 8 aliphatic carbocycles. The standard InChI is InChI=1S/C30H48O2/c31-28-11-9-26(22-5-1-3-7-24(22)28)30(20-14-18-13-19(16-20)17-21(30)15-18)27-10-12-29(32)25-8-4-2-6-23(25)27/h18-29,31-32H,1-17H2. The second-order valence-corrected chi connectivity index (χ2v) is 14.0. The molecule has 0 aromatic rings. The molecule has 0 radical (unpaired) electrons. The molecule has 8 aliphatic rings. The van der Waals surface area contributed by atoms with Crippen LogP contribution in [0.5, 0.6) is 0 Å². The molecule has 8 saturated carbocycles. The number of rotatable bonds is 2. The van der Waals surface area contributed by atoms with E-state index in [4.69, 9.17) is 0 Å². The zero-order valence-electron chi connectivity index (χ0n) is 20.3. The van der Waals surface area contributed by atoms with Crippen LogP contribution >= 0.6 is 0 Å². The Morgan fingerprint density at radius 2 is 0.844 bits per heavy atom. The van der Waals surface area contributed by atoms with Crippen molar-refractivity contribution in [2.75, 3.05) is 0 Å². The molecule has 2 nitrogen and oxygen atoms in total. The predicted molar refractivity (Wildman–Crippen MR) is 128 cm³/mol. The maximum atomic E-state index is 11.1. The van der Waals surface area contributed by atoms with Gasteiger partial charge in [-0.2, -0.15) is 0 Å². The van der Waals surface area contributed by atoms with E-state index in [0.717, 1.165) is 60.2 Å². The van der Waals surface area contributed by atoms with E-state index in [1.807, 2.05) is 0 Å². The van der Waals surface area contributed by atoms with Gasteiger partial charge in [-0.05, 0) is 148 Å². The van der Waals surface area contributed by atoms with Gasteiger partial charge in [0.2, 0.25) is 0 Å². The minimum Gasteiger partial charge on any atom is -0.393 e. The largest absolute Gasteiger partial charge is 0.393 e. The maximum Gasteiger partial charge on any atom is 0.0571 e. The Balaban J connectivity index is 1.33. The topological polar surface area (TPSA) is 40.5 Å². The molecule has 0 amide bonds. The van der Waals surface area contributed by atoms with Crippen LogP contribution in [0, 0.1) is 64.6 Å². The lowest BCUT2D eigenvalue weighted by atomic mass is 9.34. The van der Waals surface area contributed by atoms with E-state index in [9.17, 15) is 10.2 Å². The van der Waals surface area contributed by atoms with Gasteiger partial charge in [-0.25, -0.2) is 0 Å². The quantitative estimate of drug-likeness (QED) is 0.509. The molecule has 32 heavy (non-hydrogen) atoms. The van der Waals surface area contributed by atoms with Gasteiger partial charge in [-0.1, -0.05) is 25.7 Å². The third-order valence-corrected chi connectivity index (χ3v) is 13.2. The highest BCUT2D eigenvalue weighted by Crippen LogP contribution is 2.73. The van der Waals surface area contributed by atoms with Crippen molar-refractivity contribution in [3.8, 4) is 0 Å². The summed E-state index contributed by atoms with van der Waals surface area (Å²) in [6, 6.07) is 0. The van der Waals surface area contributed by atoms with E-state index >= 15 is 0 Å². The molecule has 8 rings (SSSR count). The normalized spacial score (nSPS) is 59.4. The van der Waals surface area contributed by atoms with Crippen molar-refractivity contribution in [1.29, 1.82) is 0 Å². The number of hydrogen-bond acceptors (Lipinski definition) is 2. The summed E-state index contributed by atoms with van der Waals surface area (Å²) < 4.78 is 0. The minimum atomic E-state index is -0.0129. The summed E-state index contributed by atoms with van der Waals surface area (Å²) in [4.78, 5) is 0. The minimum absolute atomic E-state index is 0.0129. The third-order valence-electron chi connectivity index (χ3n) is 13.2. The van der Waals surface area contributed by atoms with Crippen molar-refractivity contribution in [3.05, 3.63) is 0 Å². The Morgan fingerprint density at radius 1 is 0.438 bits per heavy atom. The predicted octanol–water partition coefficient (Wildman–Crippen LogP) is 6.58. The van der Waals surface area contributed by atoms with Crippen molar-refractivity contribution in [1.82, 2.24) is 0 Å². The number of aliphatic hydroxyl groups is 2. The average Bonchev–Trinajstić information content (AvgIpc) is 2.81. The van der Waals surface area contributed by atoms with Gasteiger partial charge in [-0.15, -0.1) is 0 Å². The highest BCUT2D eigenvalue weighted by atomic mass is 16.3. The van der Waals surface area contributed by atoms with E-state index in [0.29, 0.717) is 17.3 Å². The van der Waals surface area contributed by atoms with Crippen LogP contribution in [0.4, 0.5) is 0 Å². The van der Waals surface area contributed by atoms with Gasteiger partial charge < -0.3 is 10.2 Å².